The molecule has 0 spiro atoms. The van der Waals surface area contributed by atoms with Gasteiger partial charge in [-0.05, 0) is 24.3 Å². The highest BCUT2D eigenvalue weighted by atomic mass is 32.2. The van der Waals surface area contributed by atoms with E-state index in [0.29, 0.717) is 11.4 Å². The lowest BCUT2D eigenvalue weighted by molar-refractivity contribution is -0.124. The maximum atomic E-state index is 11.7. The van der Waals surface area contributed by atoms with Crippen LogP contribution >= 0.6 is 11.8 Å². The molecule has 130 valence electrons. The van der Waals surface area contributed by atoms with Crippen molar-refractivity contribution >= 4 is 50.3 Å². The van der Waals surface area contributed by atoms with Crippen LogP contribution in [0.15, 0.2) is 24.3 Å². The third-order valence-corrected chi connectivity index (χ3v) is 4.37. The lowest BCUT2D eigenvalue weighted by Gasteiger charge is -2.13. The minimum Gasteiger partial charge on any atom is -0.336 e. The highest BCUT2D eigenvalue weighted by Crippen LogP contribution is 2.17. The molecule has 0 bridgehead atoms. The van der Waals surface area contributed by atoms with Crippen LogP contribution < -0.4 is 15.4 Å². The number of carbonyl (C=O) groups excluding carboxylic acids is 3. The van der Waals surface area contributed by atoms with Gasteiger partial charge in [0.25, 0.3) is 5.24 Å². The molecule has 3 N–H and O–H groups in total. The second-order valence-electron chi connectivity index (χ2n) is 4.93. The number of hydrogen-bond acceptors (Lipinski definition) is 6. The van der Waals surface area contributed by atoms with E-state index in [1.807, 2.05) is 0 Å². The number of imide groups is 1. The lowest BCUT2D eigenvalue weighted by Crippen LogP contribution is -2.39. The summed E-state index contributed by atoms with van der Waals surface area (Å²) in [6.07, 6.45) is 1.04. The Hall–Kier alpha value is -2.27. The molecular formula is C13H16N4O5S2. The Morgan fingerprint density at radius 1 is 1.21 bits per heavy atom. The minimum absolute atomic E-state index is 0.120. The van der Waals surface area contributed by atoms with Crippen LogP contribution in [-0.4, -0.2) is 55.6 Å². The fourth-order valence-corrected chi connectivity index (χ4v) is 3.21. The van der Waals surface area contributed by atoms with Gasteiger partial charge < -0.3 is 10.6 Å². The van der Waals surface area contributed by atoms with E-state index in [2.05, 4.69) is 15.4 Å². The number of sulfonamides is 1. The Bertz CT molecular complexity index is 732. The number of carbonyl (C=O) groups is 3. The van der Waals surface area contributed by atoms with Crippen molar-refractivity contribution in [2.24, 2.45) is 0 Å². The molecule has 1 aromatic carbocycles. The molecule has 0 unspecified atom stereocenters. The zero-order valence-corrected chi connectivity index (χ0v) is 14.4. The Balaban J connectivity index is 1.78. The second kappa shape index (κ2) is 7.53. The van der Waals surface area contributed by atoms with E-state index in [1.54, 1.807) is 0 Å². The van der Waals surface area contributed by atoms with Crippen LogP contribution in [0.4, 0.5) is 21.0 Å². The summed E-state index contributed by atoms with van der Waals surface area (Å²) >= 11 is 0.940. The summed E-state index contributed by atoms with van der Waals surface area (Å²) in [7, 11) is -3.35. The summed E-state index contributed by atoms with van der Waals surface area (Å²) in [6.45, 7) is 0.257. The number of anilines is 2. The molecule has 0 aromatic heterocycles. The maximum absolute atomic E-state index is 11.7. The first-order valence-electron chi connectivity index (χ1n) is 6.84. The van der Waals surface area contributed by atoms with Crippen molar-refractivity contribution in [1.29, 1.82) is 0 Å². The Kier molecular flexibility index (Phi) is 5.67. The number of nitrogens with zero attached hydrogens (tertiary/aromatic N) is 1. The van der Waals surface area contributed by atoms with Crippen LogP contribution in [0.5, 0.6) is 0 Å². The maximum Gasteiger partial charge on any atom is 0.319 e. The molecule has 0 aliphatic carbocycles. The first kappa shape index (κ1) is 18.1. The van der Waals surface area contributed by atoms with Gasteiger partial charge in [0, 0.05) is 24.5 Å². The summed E-state index contributed by atoms with van der Waals surface area (Å²) in [5.41, 5.74) is 0.849. The van der Waals surface area contributed by atoms with Crippen LogP contribution in [0.25, 0.3) is 0 Å². The molecule has 0 saturated carbocycles. The van der Waals surface area contributed by atoms with Gasteiger partial charge in [-0.15, -0.1) is 0 Å². The summed E-state index contributed by atoms with van der Waals surface area (Å²) in [5, 5.41) is 4.78. The van der Waals surface area contributed by atoms with Crippen molar-refractivity contribution in [2.75, 3.05) is 35.1 Å². The molecule has 24 heavy (non-hydrogen) atoms. The Labute approximate surface area is 143 Å². The first-order valence-corrected chi connectivity index (χ1v) is 9.72. The molecular weight excluding hydrogens is 356 g/mol. The predicted octanol–water partition coefficient (Wildman–Crippen LogP) is 0.875. The van der Waals surface area contributed by atoms with Crippen molar-refractivity contribution in [3.05, 3.63) is 24.3 Å². The molecule has 1 heterocycles. The van der Waals surface area contributed by atoms with Gasteiger partial charge >= 0.3 is 6.03 Å². The van der Waals surface area contributed by atoms with E-state index in [4.69, 9.17) is 0 Å². The van der Waals surface area contributed by atoms with Crippen molar-refractivity contribution in [2.45, 2.75) is 0 Å². The fraction of sp³-hybridized carbons (Fsp3) is 0.308. The largest absolute Gasteiger partial charge is 0.336 e. The summed E-state index contributed by atoms with van der Waals surface area (Å²) in [4.78, 5) is 35.6. The molecule has 1 aliphatic heterocycles. The zero-order chi connectivity index (χ0) is 17.7. The van der Waals surface area contributed by atoms with E-state index in [-0.39, 0.29) is 30.0 Å². The molecule has 1 fully saturated rings. The molecule has 11 heteroatoms. The number of nitrogens with one attached hydrogen (secondary N) is 3. The van der Waals surface area contributed by atoms with Gasteiger partial charge in [-0.3, -0.25) is 19.2 Å². The van der Waals surface area contributed by atoms with Gasteiger partial charge in [-0.1, -0.05) is 11.8 Å². The van der Waals surface area contributed by atoms with E-state index in [9.17, 15) is 22.8 Å². The molecule has 1 aliphatic rings. The van der Waals surface area contributed by atoms with E-state index in [0.717, 1.165) is 22.9 Å². The molecule has 1 aromatic rings. The molecule has 0 atom stereocenters. The van der Waals surface area contributed by atoms with Crippen LogP contribution in [0.3, 0.4) is 0 Å². The van der Waals surface area contributed by atoms with Gasteiger partial charge in [-0.25, -0.2) is 13.2 Å². The highest BCUT2D eigenvalue weighted by molar-refractivity contribution is 8.14. The van der Waals surface area contributed by atoms with E-state index >= 15 is 0 Å². The van der Waals surface area contributed by atoms with Crippen molar-refractivity contribution in [3.63, 3.8) is 0 Å². The van der Waals surface area contributed by atoms with Gasteiger partial charge in [-0.2, -0.15) is 0 Å². The molecule has 4 amide bonds. The normalized spacial score (nSPS) is 14.6. The van der Waals surface area contributed by atoms with Gasteiger partial charge in [0.05, 0.1) is 12.0 Å². The number of hydrogen-bond donors (Lipinski definition) is 3. The topological polar surface area (TPSA) is 125 Å². The molecule has 0 radical (unpaired) electrons. The average molecular weight is 372 g/mol. The Morgan fingerprint density at radius 2 is 1.83 bits per heavy atom. The second-order valence-corrected chi connectivity index (χ2v) is 7.61. The summed E-state index contributed by atoms with van der Waals surface area (Å²) in [5.74, 6) is -0.125. The Morgan fingerprint density at radius 3 is 2.38 bits per heavy atom. The van der Waals surface area contributed by atoms with Crippen LogP contribution in [0.2, 0.25) is 0 Å². The summed E-state index contributed by atoms with van der Waals surface area (Å²) < 4.78 is 24.5. The summed E-state index contributed by atoms with van der Waals surface area (Å²) in [6, 6.07) is 5.60. The number of urea groups is 1. The quantitative estimate of drug-likeness (QED) is 0.681. The molecule has 1 saturated heterocycles. The monoisotopic (exact) mass is 372 g/mol. The third kappa shape index (κ3) is 5.42. The van der Waals surface area contributed by atoms with Gasteiger partial charge in [0.2, 0.25) is 15.9 Å². The minimum atomic E-state index is -3.35. The zero-order valence-electron chi connectivity index (χ0n) is 12.7. The molecule has 2 rings (SSSR count). The van der Waals surface area contributed by atoms with E-state index in [1.165, 1.54) is 24.3 Å². The van der Waals surface area contributed by atoms with E-state index < -0.39 is 16.1 Å². The van der Waals surface area contributed by atoms with Crippen molar-refractivity contribution in [3.8, 4) is 0 Å². The van der Waals surface area contributed by atoms with Crippen molar-refractivity contribution in [1.82, 2.24) is 10.2 Å². The third-order valence-electron chi connectivity index (χ3n) is 2.91. The predicted molar refractivity (Wildman–Crippen MR) is 91.5 cm³/mol. The standard InChI is InChI=1S/C13H16N4O5S2/c1-24(21,22)16-10-4-2-9(3-5-10)15-12(19)14-6-7-17-11(18)8-23-13(17)20/h2-5,16H,6-8H2,1H3,(H2,14,15,19). The number of amides is 4. The van der Waals surface area contributed by atoms with Gasteiger partial charge in [0.1, 0.15) is 0 Å². The van der Waals surface area contributed by atoms with Crippen LogP contribution in [0, 0.1) is 0 Å². The number of benzene rings is 1. The number of rotatable bonds is 6. The van der Waals surface area contributed by atoms with Crippen LogP contribution in [0.1, 0.15) is 0 Å². The van der Waals surface area contributed by atoms with Gasteiger partial charge in [0.15, 0.2) is 0 Å². The SMILES string of the molecule is CS(=O)(=O)Nc1ccc(NC(=O)NCCN2C(=O)CSC2=O)cc1. The molecule has 9 nitrogen and oxygen atoms in total. The lowest BCUT2D eigenvalue weighted by atomic mass is 10.3. The smallest absolute Gasteiger partial charge is 0.319 e. The first-order chi connectivity index (χ1) is 11.2. The number of thioether (sulfide) groups is 1. The average Bonchev–Trinajstić information content (AvgIpc) is 2.79. The van der Waals surface area contributed by atoms with Crippen molar-refractivity contribution < 1.29 is 22.8 Å². The van der Waals surface area contributed by atoms with Crippen LogP contribution in [-0.2, 0) is 14.8 Å². The fourth-order valence-electron chi connectivity index (χ4n) is 1.89. The highest BCUT2D eigenvalue weighted by Gasteiger charge is 2.29.